The summed E-state index contributed by atoms with van der Waals surface area (Å²) in [5.41, 5.74) is 0.529. The lowest BCUT2D eigenvalue weighted by molar-refractivity contribution is -0.116. The highest BCUT2D eigenvalue weighted by atomic mass is 32.2. The Morgan fingerprint density at radius 2 is 1.97 bits per heavy atom. The van der Waals surface area contributed by atoms with Gasteiger partial charge in [-0.05, 0) is 72.7 Å². The van der Waals surface area contributed by atoms with E-state index >= 15 is 0 Å². The fourth-order valence-corrected chi connectivity index (χ4v) is 9.86. The van der Waals surface area contributed by atoms with E-state index < -0.39 is 0 Å². The zero-order valence-corrected chi connectivity index (χ0v) is 19.1. The zero-order valence-electron chi connectivity index (χ0n) is 16.6. The van der Waals surface area contributed by atoms with Crippen molar-refractivity contribution in [3.8, 4) is 0 Å². The molecular weight excluding hydrogens is 451 g/mol. The number of aromatic nitrogens is 1. The maximum atomic E-state index is 13.1. The topological polar surface area (TPSA) is 51.1 Å². The number of thiophene rings is 1. The van der Waals surface area contributed by atoms with Crippen molar-refractivity contribution in [2.75, 3.05) is 5.32 Å². The van der Waals surface area contributed by atoms with Crippen molar-refractivity contribution >= 4 is 46.0 Å². The number of anilines is 1. The summed E-state index contributed by atoms with van der Waals surface area (Å²) >= 11 is 4.93. The van der Waals surface area contributed by atoms with E-state index in [1.807, 2.05) is 11.8 Å². The second-order valence-electron chi connectivity index (χ2n) is 8.66. The van der Waals surface area contributed by atoms with Gasteiger partial charge in [0.2, 0.25) is 5.91 Å². The molecule has 0 radical (unpaired) electrons. The zero-order chi connectivity index (χ0) is 21.1. The van der Waals surface area contributed by atoms with E-state index in [-0.39, 0.29) is 29.1 Å². The van der Waals surface area contributed by atoms with Crippen molar-refractivity contribution in [3.63, 3.8) is 0 Å². The van der Waals surface area contributed by atoms with Gasteiger partial charge >= 0.3 is 4.87 Å². The Morgan fingerprint density at radius 3 is 2.74 bits per heavy atom. The summed E-state index contributed by atoms with van der Waals surface area (Å²) in [5, 5.41) is 6.42. The van der Waals surface area contributed by atoms with E-state index in [2.05, 4.69) is 22.8 Å². The first-order chi connectivity index (χ1) is 15.1. The van der Waals surface area contributed by atoms with Crippen molar-refractivity contribution in [1.29, 1.82) is 0 Å². The number of rotatable bonds is 4. The standard InChI is InChI=1S/C23H21FN2O2S3/c24-14-5-7-15(8-6-14)25-17(27)11-26-22-21(31-23(26)28)19(16-2-1-9-29-16)18-12-3-4-13(10-12)20(18)30-22/h1-2,5-9,12-13,18-20H,3-4,10-11H2,(H,25,27). The molecule has 1 aromatic carbocycles. The number of fused-ring (bicyclic) bond motifs is 6. The van der Waals surface area contributed by atoms with Gasteiger partial charge in [-0.15, -0.1) is 23.1 Å². The Morgan fingerprint density at radius 1 is 1.16 bits per heavy atom. The predicted molar refractivity (Wildman–Crippen MR) is 124 cm³/mol. The van der Waals surface area contributed by atoms with Crippen molar-refractivity contribution < 1.29 is 9.18 Å². The van der Waals surface area contributed by atoms with E-state index in [4.69, 9.17) is 0 Å². The third-order valence-electron chi connectivity index (χ3n) is 6.97. The summed E-state index contributed by atoms with van der Waals surface area (Å²) < 4.78 is 14.8. The highest BCUT2D eigenvalue weighted by Crippen LogP contribution is 2.64. The molecule has 2 saturated carbocycles. The molecule has 6 rings (SSSR count). The number of carbonyl (C=O) groups excluding carboxylic acids is 1. The van der Waals surface area contributed by atoms with Gasteiger partial charge in [0.25, 0.3) is 0 Å². The number of hydrogen-bond acceptors (Lipinski definition) is 5. The number of nitrogens with one attached hydrogen (secondary N) is 1. The van der Waals surface area contributed by atoms with Gasteiger partial charge in [-0.25, -0.2) is 4.39 Å². The Bertz CT molecular complexity index is 1180. The second-order valence-corrected chi connectivity index (χ2v) is 11.8. The molecular formula is C23H21FN2O2S3. The molecule has 3 aliphatic rings. The van der Waals surface area contributed by atoms with Crippen LogP contribution in [0.2, 0.25) is 0 Å². The predicted octanol–water partition coefficient (Wildman–Crippen LogP) is 5.40. The molecule has 5 atom stereocenters. The summed E-state index contributed by atoms with van der Waals surface area (Å²) in [6, 6.07) is 9.98. The molecule has 1 aliphatic heterocycles. The number of amides is 1. The molecule has 2 fully saturated rings. The lowest BCUT2D eigenvalue weighted by atomic mass is 9.77. The first-order valence-corrected chi connectivity index (χ1v) is 13.1. The van der Waals surface area contributed by atoms with E-state index in [0.29, 0.717) is 22.8 Å². The molecule has 0 spiro atoms. The molecule has 4 nitrogen and oxygen atoms in total. The Hall–Kier alpha value is -1.90. The summed E-state index contributed by atoms with van der Waals surface area (Å²) in [5.74, 6) is 1.71. The molecule has 1 amide bonds. The van der Waals surface area contributed by atoms with Gasteiger partial charge in [-0.3, -0.25) is 14.2 Å². The van der Waals surface area contributed by atoms with Gasteiger partial charge in [0.05, 0.1) is 5.03 Å². The van der Waals surface area contributed by atoms with Crippen molar-refractivity contribution in [3.05, 3.63) is 67.0 Å². The fraction of sp³-hybridized carbons (Fsp3) is 0.391. The van der Waals surface area contributed by atoms with Gasteiger partial charge in [-0.1, -0.05) is 17.4 Å². The third kappa shape index (κ3) is 3.31. The molecule has 5 unspecified atom stereocenters. The van der Waals surface area contributed by atoms with Gasteiger partial charge in [-0.2, -0.15) is 0 Å². The molecule has 0 saturated heterocycles. The van der Waals surface area contributed by atoms with Crippen LogP contribution < -0.4 is 10.2 Å². The average Bonchev–Trinajstić information content (AvgIpc) is 3.54. The second kappa shape index (κ2) is 7.60. The van der Waals surface area contributed by atoms with Gasteiger partial charge in [0, 0.05) is 26.6 Å². The fourth-order valence-electron chi connectivity index (χ4n) is 5.75. The van der Waals surface area contributed by atoms with Crippen LogP contribution in [0, 0.1) is 23.6 Å². The molecule has 160 valence electrons. The third-order valence-corrected chi connectivity index (χ3v) is 10.8. The summed E-state index contributed by atoms with van der Waals surface area (Å²) in [6.45, 7) is -0.0162. The number of nitrogens with zero attached hydrogens (tertiary/aromatic N) is 1. The summed E-state index contributed by atoms with van der Waals surface area (Å²) in [7, 11) is 0. The van der Waals surface area contributed by atoms with Crippen molar-refractivity contribution in [2.24, 2.45) is 17.8 Å². The maximum absolute atomic E-state index is 13.1. The monoisotopic (exact) mass is 472 g/mol. The highest BCUT2D eigenvalue weighted by Gasteiger charge is 2.55. The Labute approximate surface area is 191 Å². The Balaban J connectivity index is 1.34. The first kappa shape index (κ1) is 19.8. The Kier molecular flexibility index (Phi) is 4.85. The van der Waals surface area contributed by atoms with Gasteiger partial charge in [0.1, 0.15) is 12.4 Å². The quantitative estimate of drug-likeness (QED) is 0.553. The minimum atomic E-state index is -0.349. The van der Waals surface area contributed by atoms with Crippen LogP contribution in [0.1, 0.15) is 34.9 Å². The number of carbonyl (C=O) groups is 1. The van der Waals surface area contributed by atoms with Gasteiger partial charge < -0.3 is 5.32 Å². The highest BCUT2D eigenvalue weighted by molar-refractivity contribution is 8.00. The molecule has 2 bridgehead atoms. The molecule has 1 N–H and O–H groups in total. The minimum absolute atomic E-state index is 0.0162. The molecule has 8 heteroatoms. The van der Waals surface area contributed by atoms with Crippen LogP contribution in [-0.4, -0.2) is 15.7 Å². The number of thioether (sulfide) groups is 1. The van der Waals surface area contributed by atoms with Crippen molar-refractivity contribution in [2.45, 2.75) is 42.0 Å². The number of benzene rings is 1. The number of thiazole rings is 1. The van der Waals surface area contributed by atoms with Crippen molar-refractivity contribution in [1.82, 2.24) is 4.57 Å². The summed E-state index contributed by atoms with van der Waals surface area (Å²) in [6.07, 6.45) is 3.89. The van der Waals surface area contributed by atoms with E-state index in [9.17, 15) is 14.0 Å². The molecule has 2 aliphatic carbocycles. The molecule has 3 aromatic rings. The van der Waals surface area contributed by atoms with Crippen LogP contribution in [0.5, 0.6) is 0 Å². The van der Waals surface area contributed by atoms with E-state index in [0.717, 1.165) is 15.8 Å². The van der Waals surface area contributed by atoms with Crippen LogP contribution in [0.15, 0.2) is 51.6 Å². The maximum Gasteiger partial charge on any atom is 0.308 e. The minimum Gasteiger partial charge on any atom is -0.325 e. The lowest BCUT2D eigenvalue weighted by Crippen LogP contribution is -2.34. The SMILES string of the molecule is O=C(Cn1c2c(sc1=O)C(c1cccs1)C1C3CCC(C3)C1S2)Nc1ccc(F)cc1. The summed E-state index contributed by atoms with van der Waals surface area (Å²) in [4.78, 5) is 28.1. The first-order valence-electron chi connectivity index (χ1n) is 10.6. The lowest BCUT2D eigenvalue weighted by Gasteiger charge is -2.40. The van der Waals surface area contributed by atoms with E-state index in [1.165, 1.54) is 59.7 Å². The average molecular weight is 473 g/mol. The molecule has 3 heterocycles. The number of halogens is 1. The van der Waals surface area contributed by atoms with Crippen LogP contribution in [0.4, 0.5) is 10.1 Å². The van der Waals surface area contributed by atoms with Crippen LogP contribution in [-0.2, 0) is 11.3 Å². The largest absolute Gasteiger partial charge is 0.325 e. The van der Waals surface area contributed by atoms with E-state index in [1.54, 1.807) is 15.9 Å². The van der Waals surface area contributed by atoms with Gasteiger partial charge in [0.15, 0.2) is 0 Å². The van der Waals surface area contributed by atoms with Crippen LogP contribution >= 0.6 is 34.4 Å². The molecule has 2 aromatic heterocycles. The normalized spacial score (nSPS) is 28.4. The van der Waals surface area contributed by atoms with Crippen LogP contribution in [0.25, 0.3) is 0 Å². The molecule has 31 heavy (non-hydrogen) atoms. The smallest absolute Gasteiger partial charge is 0.308 e. The number of hydrogen-bond donors (Lipinski definition) is 1. The van der Waals surface area contributed by atoms with Crippen LogP contribution in [0.3, 0.4) is 0 Å².